The first-order chi connectivity index (χ1) is 16.9. The molecular weight excluding hydrogens is 470 g/mol. The molecule has 1 aromatic carbocycles. The van der Waals surface area contributed by atoms with E-state index in [0.29, 0.717) is 33.1 Å². The van der Waals surface area contributed by atoms with Gasteiger partial charge in [0, 0.05) is 0 Å². The van der Waals surface area contributed by atoms with Gasteiger partial charge >= 0.3 is 6.09 Å². The van der Waals surface area contributed by atoms with Crippen molar-refractivity contribution in [2.75, 3.05) is 5.32 Å². The summed E-state index contributed by atoms with van der Waals surface area (Å²) in [5.74, 6) is 6.88. The van der Waals surface area contributed by atoms with Gasteiger partial charge in [-0.1, -0.05) is 40.8 Å². The number of amides is 2. The van der Waals surface area contributed by atoms with Crippen LogP contribution in [-0.4, -0.2) is 33.0 Å². The molecule has 4 heterocycles. The maximum atomic E-state index is 12.5. The summed E-state index contributed by atoms with van der Waals surface area (Å²) in [5.41, 5.74) is 2.27. The van der Waals surface area contributed by atoms with E-state index in [1.165, 1.54) is 16.4 Å². The van der Waals surface area contributed by atoms with Crippen molar-refractivity contribution in [1.29, 1.82) is 0 Å². The summed E-state index contributed by atoms with van der Waals surface area (Å²) in [7, 11) is 0. The van der Waals surface area contributed by atoms with Crippen LogP contribution < -0.4 is 10.2 Å². The normalized spacial score (nSPS) is 17.2. The average molecular weight is 490 g/mol. The topological polar surface area (TPSA) is 119 Å². The van der Waals surface area contributed by atoms with Gasteiger partial charge in [0.15, 0.2) is 10.8 Å². The minimum absolute atomic E-state index is 0.0561. The summed E-state index contributed by atoms with van der Waals surface area (Å²) in [6.45, 7) is 5.46. The number of thiazole rings is 1. The molecule has 1 N–H and O–H groups in total. The van der Waals surface area contributed by atoms with E-state index < -0.39 is 17.6 Å². The number of carbonyl (C=O) groups is 2. The second-order valence-electron chi connectivity index (χ2n) is 8.59. The lowest BCUT2D eigenvalue weighted by molar-refractivity contribution is -0.159. The quantitative estimate of drug-likeness (QED) is 0.427. The highest BCUT2D eigenvalue weighted by Crippen LogP contribution is 2.58. The van der Waals surface area contributed by atoms with E-state index in [1.807, 2.05) is 31.2 Å². The zero-order chi connectivity index (χ0) is 24.3. The van der Waals surface area contributed by atoms with Crippen molar-refractivity contribution in [1.82, 2.24) is 15.2 Å². The van der Waals surface area contributed by atoms with Crippen LogP contribution in [0.15, 0.2) is 33.8 Å². The fourth-order valence-corrected chi connectivity index (χ4v) is 4.81. The number of aryl methyl sites for hydroxylation is 2. The number of carbonyl (C=O) groups excluding carboxylic acids is 2. The zero-order valence-electron chi connectivity index (χ0n) is 19.0. The number of hydrogen-bond acceptors (Lipinski definition) is 9. The van der Waals surface area contributed by atoms with E-state index in [1.54, 1.807) is 13.8 Å². The lowest BCUT2D eigenvalue weighted by atomic mass is 9.95. The van der Waals surface area contributed by atoms with E-state index in [0.717, 1.165) is 24.0 Å². The van der Waals surface area contributed by atoms with Crippen molar-refractivity contribution in [2.45, 2.75) is 39.7 Å². The van der Waals surface area contributed by atoms with Gasteiger partial charge in [-0.2, -0.15) is 0 Å². The van der Waals surface area contributed by atoms with Crippen LogP contribution >= 0.6 is 11.3 Å². The van der Waals surface area contributed by atoms with Crippen molar-refractivity contribution in [3.63, 3.8) is 0 Å². The predicted molar refractivity (Wildman–Crippen MR) is 125 cm³/mol. The Kier molecular flexibility index (Phi) is 4.69. The number of hydroxylamine groups is 2. The minimum atomic E-state index is -0.646. The number of β-lactam (4-membered cyclic amide) rings is 1. The third kappa shape index (κ3) is 3.45. The largest absolute Gasteiger partial charge is 0.441 e. The van der Waals surface area contributed by atoms with Crippen molar-refractivity contribution >= 4 is 40.7 Å². The van der Waals surface area contributed by atoms with Crippen LogP contribution in [0, 0.1) is 31.1 Å². The molecule has 10 nitrogen and oxygen atoms in total. The lowest BCUT2D eigenvalue weighted by Crippen LogP contribution is -2.61. The number of anilines is 1. The van der Waals surface area contributed by atoms with Crippen LogP contribution in [0.2, 0.25) is 0 Å². The first kappa shape index (κ1) is 21.4. The molecular formula is C24H19N5O5S. The highest BCUT2D eigenvalue weighted by atomic mass is 32.1. The Labute approximate surface area is 203 Å². The third-order valence-electron chi connectivity index (χ3n) is 6.21. The molecule has 0 bridgehead atoms. The second kappa shape index (κ2) is 7.68. The predicted octanol–water partition coefficient (Wildman–Crippen LogP) is 4.42. The van der Waals surface area contributed by atoms with Gasteiger partial charge in [0.2, 0.25) is 11.6 Å². The maximum Gasteiger partial charge on any atom is 0.412 e. The number of fused-ring (bicyclic) bond motifs is 3. The number of aromatic nitrogens is 2. The summed E-state index contributed by atoms with van der Waals surface area (Å²) in [6, 6.07) is 7.71. The van der Waals surface area contributed by atoms with Crippen LogP contribution in [0.4, 0.5) is 16.3 Å². The third-order valence-corrected chi connectivity index (χ3v) is 7.04. The molecule has 2 aliphatic heterocycles. The van der Waals surface area contributed by atoms with Gasteiger partial charge in [-0.25, -0.2) is 14.8 Å². The van der Waals surface area contributed by atoms with Crippen molar-refractivity contribution in [2.24, 2.45) is 10.4 Å². The molecule has 176 valence electrons. The van der Waals surface area contributed by atoms with Gasteiger partial charge in [-0.05, 0) is 56.6 Å². The molecule has 35 heavy (non-hydrogen) atoms. The van der Waals surface area contributed by atoms with Crippen molar-refractivity contribution < 1.29 is 23.7 Å². The Morgan fingerprint density at radius 2 is 2.09 bits per heavy atom. The van der Waals surface area contributed by atoms with Gasteiger partial charge in [0.25, 0.3) is 11.0 Å². The monoisotopic (exact) mass is 489 g/mol. The molecule has 2 amide bonds. The average Bonchev–Trinajstić information content (AvgIpc) is 3.49. The molecule has 1 saturated carbocycles. The van der Waals surface area contributed by atoms with Crippen LogP contribution in [0.3, 0.4) is 0 Å². The Morgan fingerprint density at radius 1 is 1.29 bits per heavy atom. The van der Waals surface area contributed by atoms with E-state index in [-0.39, 0.29) is 11.7 Å². The fraction of sp³-hybridized carbons (Fsp3) is 0.292. The van der Waals surface area contributed by atoms with Crippen LogP contribution in [0.1, 0.15) is 53.5 Å². The Bertz CT molecular complexity index is 1490. The molecule has 3 aliphatic rings. The van der Waals surface area contributed by atoms with E-state index in [2.05, 4.69) is 32.3 Å². The molecule has 1 aliphatic carbocycles. The molecule has 1 atom stereocenters. The maximum absolute atomic E-state index is 12.5. The number of hydrogen-bond donors (Lipinski definition) is 1. The number of aliphatic imine (C=N–C) groups is 1. The fourth-order valence-electron chi connectivity index (χ4n) is 4.10. The van der Waals surface area contributed by atoms with E-state index in [9.17, 15) is 9.59 Å². The number of amidine groups is 1. The number of nitrogens with one attached hydrogen (secondary N) is 1. The number of benzene rings is 1. The van der Waals surface area contributed by atoms with Crippen LogP contribution in [-0.2, 0) is 9.53 Å². The summed E-state index contributed by atoms with van der Waals surface area (Å²) >= 11 is 1.17. The smallest absolute Gasteiger partial charge is 0.412 e. The van der Waals surface area contributed by atoms with Crippen LogP contribution in [0.5, 0.6) is 5.06 Å². The van der Waals surface area contributed by atoms with Crippen molar-refractivity contribution in [3.8, 4) is 16.9 Å². The van der Waals surface area contributed by atoms with Gasteiger partial charge < -0.3 is 14.1 Å². The Hall–Kier alpha value is -4.17. The van der Waals surface area contributed by atoms with Gasteiger partial charge in [0.05, 0.1) is 0 Å². The molecule has 3 aromatic rings. The molecule has 1 spiro atoms. The lowest BCUT2D eigenvalue weighted by Gasteiger charge is -2.39. The molecule has 0 radical (unpaired) electrons. The molecule has 2 fully saturated rings. The Morgan fingerprint density at radius 3 is 2.86 bits per heavy atom. The van der Waals surface area contributed by atoms with E-state index in [4.69, 9.17) is 14.1 Å². The van der Waals surface area contributed by atoms with Crippen LogP contribution in [0.25, 0.3) is 0 Å². The standard InChI is InChI=1S/C24H19N5O5S/c1-12-6-4-5-7-15(12)14(3)32-23(31)26-18-13(2)28-33-16(18)8-9-17-25-19-20(35-17)34-29-21(27-19)24(10-11-24)22(29)30/h4-7,14H,10-11H2,1-3H3,(H,26,31). The summed E-state index contributed by atoms with van der Waals surface area (Å²) in [5, 5.41) is 8.64. The minimum Gasteiger partial charge on any atom is -0.441 e. The number of rotatable bonds is 3. The second-order valence-corrected chi connectivity index (χ2v) is 9.55. The van der Waals surface area contributed by atoms with Gasteiger partial charge in [-0.3, -0.25) is 10.1 Å². The molecule has 2 aromatic heterocycles. The van der Waals surface area contributed by atoms with Crippen molar-refractivity contribution in [3.05, 3.63) is 51.9 Å². The SMILES string of the molecule is Cc1ccccc1C(C)OC(=O)Nc1c(C)noc1C#Cc1nc2c(s1)ON1C(=O)C3(CC3)C1=N2. The zero-order valence-corrected chi connectivity index (χ0v) is 19.9. The van der Waals surface area contributed by atoms with Gasteiger partial charge in [0.1, 0.15) is 22.9 Å². The number of nitrogens with zero attached hydrogens (tertiary/aromatic N) is 4. The number of ether oxygens (including phenoxy) is 1. The molecule has 1 saturated heterocycles. The summed E-state index contributed by atoms with van der Waals surface area (Å²) < 4.78 is 10.8. The molecule has 1 unspecified atom stereocenters. The van der Waals surface area contributed by atoms with Gasteiger partial charge in [-0.15, -0.1) is 5.06 Å². The summed E-state index contributed by atoms with van der Waals surface area (Å²) in [6.07, 6.45) is 0.501. The Balaban J connectivity index is 1.18. The summed E-state index contributed by atoms with van der Waals surface area (Å²) in [4.78, 5) is 39.3. The van der Waals surface area contributed by atoms with E-state index >= 15 is 0 Å². The molecule has 6 rings (SSSR count). The molecule has 11 heteroatoms. The highest BCUT2D eigenvalue weighted by molar-refractivity contribution is 7.14. The highest BCUT2D eigenvalue weighted by Gasteiger charge is 2.69. The first-order valence-corrected chi connectivity index (χ1v) is 11.8. The first-order valence-electron chi connectivity index (χ1n) is 11.0.